The van der Waals surface area contributed by atoms with E-state index in [9.17, 15) is 5.26 Å². The van der Waals surface area contributed by atoms with Crippen LogP contribution in [0.15, 0.2) is 53.4 Å². The van der Waals surface area contributed by atoms with Crippen molar-refractivity contribution >= 4 is 16.6 Å². The molecular weight excluding hydrogens is 350 g/mol. The van der Waals surface area contributed by atoms with Gasteiger partial charge in [-0.25, -0.2) is 4.98 Å². The van der Waals surface area contributed by atoms with Crippen molar-refractivity contribution in [3.8, 4) is 17.5 Å². The number of benzene rings is 2. The minimum absolute atomic E-state index is 0.203. The molecule has 6 nitrogen and oxygen atoms in total. The van der Waals surface area contributed by atoms with Crippen LogP contribution in [-0.4, -0.2) is 15.2 Å². The number of hydrogen-bond donors (Lipinski definition) is 2. The third kappa shape index (κ3) is 2.72. The van der Waals surface area contributed by atoms with Gasteiger partial charge in [-0.05, 0) is 60.2 Å². The lowest BCUT2D eigenvalue weighted by atomic mass is 9.80. The fourth-order valence-corrected chi connectivity index (χ4v) is 4.08. The first-order valence-corrected chi connectivity index (χ1v) is 9.39. The molecular formula is C22H19N5O. The van der Waals surface area contributed by atoms with Crippen LogP contribution < -0.4 is 5.32 Å². The molecule has 138 valence electrons. The van der Waals surface area contributed by atoms with E-state index in [2.05, 4.69) is 51.7 Å². The van der Waals surface area contributed by atoms with Crippen LogP contribution in [0.25, 0.3) is 22.4 Å². The average Bonchev–Trinajstić information content (AvgIpc) is 3.39. The summed E-state index contributed by atoms with van der Waals surface area (Å²) >= 11 is 0. The van der Waals surface area contributed by atoms with E-state index in [1.54, 1.807) is 6.20 Å². The van der Waals surface area contributed by atoms with Crippen LogP contribution in [0.4, 0.5) is 5.69 Å². The largest absolute Gasteiger partial charge is 0.442 e. The molecule has 4 aromatic rings. The number of oxazole rings is 1. The molecule has 0 aliphatic heterocycles. The summed E-state index contributed by atoms with van der Waals surface area (Å²) in [5.74, 6) is 1.14. The summed E-state index contributed by atoms with van der Waals surface area (Å²) in [4.78, 5) is 3.99. The van der Waals surface area contributed by atoms with Gasteiger partial charge in [-0.2, -0.15) is 10.4 Å². The summed E-state index contributed by atoms with van der Waals surface area (Å²) in [6.45, 7) is 2.27. The Morgan fingerprint density at radius 1 is 1.25 bits per heavy atom. The lowest BCUT2D eigenvalue weighted by Crippen LogP contribution is -2.25. The molecule has 2 heterocycles. The van der Waals surface area contributed by atoms with Crippen LogP contribution in [-0.2, 0) is 6.42 Å². The second-order valence-electron chi connectivity index (χ2n) is 7.36. The minimum atomic E-state index is 0.203. The van der Waals surface area contributed by atoms with E-state index in [0.29, 0.717) is 11.7 Å². The number of aromatic amines is 1. The van der Waals surface area contributed by atoms with Crippen molar-refractivity contribution in [1.82, 2.24) is 15.2 Å². The van der Waals surface area contributed by atoms with Gasteiger partial charge in [-0.3, -0.25) is 5.10 Å². The topological polar surface area (TPSA) is 90.5 Å². The third-order valence-corrected chi connectivity index (χ3v) is 5.60. The van der Waals surface area contributed by atoms with Gasteiger partial charge in [0.1, 0.15) is 5.69 Å². The van der Waals surface area contributed by atoms with Crippen molar-refractivity contribution in [2.75, 3.05) is 5.32 Å². The highest BCUT2D eigenvalue weighted by molar-refractivity contribution is 5.93. The number of nitrogens with one attached hydrogen (secondary N) is 2. The predicted octanol–water partition coefficient (Wildman–Crippen LogP) is 4.83. The molecule has 0 bridgehead atoms. The van der Waals surface area contributed by atoms with E-state index >= 15 is 0 Å². The second kappa shape index (κ2) is 6.54. The summed E-state index contributed by atoms with van der Waals surface area (Å²) in [5.41, 5.74) is 6.01. The number of rotatable bonds is 3. The Kier molecular flexibility index (Phi) is 3.87. The first-order valence-electron chi connectivity index (χ1n) is 9.39. The number of aromatic nitrogens is 3. The maximum Gasteiger partial charge on any atom is 0.181 e. The molecule has 2 atom stereocenters. The molecule has 5 rings (SSSR count). The van der Waals surface area contributed by atoms with E-state index in [0.717, 1.165) is 40.7 Å². The SMILES string of the molecule is CC1CCc2cc(C#N)ccc2C1Nc1ccc2[nH]nc(-c3cnco3)c2c1. The lowest BCUT2D eigenvalue weighted by Gasteiger charge is -2.33. The fourth-order valence-electron chi connectivity index (χ4n) is 4.08. The number of H-pyrrole nitrogens is 1. The normalized spacial score (nSPS) is 18.6. The van der Waals surface area contributed by atoms with Crippen molar-refractivity contribution in [1.29, 1.82) is 5.26 Å². The van der Waals surface area contributed by atoms with E-state index in [4.69, 9.17) is 4.42 Å². The highest BCUT2D eigenvalue weighted by Gasteiger charge is 2.27. The average molecular weight is 369 g/mol. The summed E-state index contributed by atoms with van der Waals surface area (Å²) in [6, 6.07) is 14.7. The van der Waals surface area contributed by atoms with Crippen molar-refractivity contribution in [2.45, 2.75) is 25.8 Å². The third-order valence-electron chi connectivity index (χ3n) is 5.60. The summed E-state index contributed by atoms with van der Waals surface area (Å²) in [5, 5.41) is 21.3. The van der Waals surface area contributed by atoms with Gasteiger partial charge in [0.2, 0.25) is 0 Å². The first-order chi connectivity index (χ1) is 13.7. The Balaban J connectivity index is 1.52. The molecule has 0 saturated carbocycles. The molecule has 0 fully saturated rings. The molecule has 0 amide bonds. The number of nitriles is 1. The first kappa shape index (κ1) is 16.6. The van der Waals surface area contributed by atoms with E-state index in [1.165, 1.54) is 17.5 Å². The number of aryl methyl sites for hydroxylation is 1. The Morgan fingerprint density at radius 3 is 3.00 bits per heavy atom. The summed E-state index contributed by atoms with van der Waals surface area (Å²) in [7, 11) is 0. The standard InChI is InChI=1S/C22H19N5O/c1-13-2-4-15-8-14(10-23)3-6-17(15)21(13)25-16-5-7-19-18(9-16)22(27-26-19)20-11-24-12-28-20/h3,5-9,11-13,21,25H,2,4H2,1H3,(H,26,27). The van der Waals surface area contributed by atoms with Crippen LogP contribution in [0, 0.1) is 17.2 Å². The molecule has 2 aromatic carbocycles. The zero-order valence-corrected chi connectivity index (χ0v) is 15.4. The molecule has 1 aliphatic rings. The van der Waals surface area contributed by atoms with Crippen LogP contribution in [0.5, 0.6) is 0 Å². The number of anilines is 1. The molecule has 2 unspecified atom stereocenters. The van der Waals surface area contributed by atoms with Gasteiger partial charge in [0.15, 0.2) is 12.2 Å². The highest BCUT2D eigenvalue weighted by Crippen LogP contribution is 2.38. The van der Waals surface area contributed by atoms with Gasteiger partial charge in [-0.1, -0.05) is 13.0 Å². The van der Waals surface area contributed by atoms with Crippen molar-refractivity contribution in [2.24, 2.45) is 5.92 Å². The molecule has 1 aliphatic carbocycles. The predicted molar refractivity (Wildman–Crippen MR) is 107 cm³/mol. The van der Waals surface area contributed by atoms with Gasteiger partial charge < -0.3 is 9.73 Å². The Hall–Kier alpha value is -3.59. The Bertz CT molecular complexity index is 1190. The van der Waals surface area contributed by atoms with Crippen molar-refractivity contribution in [3.63, 3.8) is 0 Å². The van der Waals surface area contributed by atoms with Gasteiger partial charge >= 0.3 is 0 Å². The maximum atomic E-state index is 9.19. The number of hydrogen-bond acceptors (Lipinski definition) is 5. The van der Waals surface area contributed by atoms with E-state index in [-0.39, 0.29) is 6.04 Å². The summed E-state index contributed by atoms with van der Waals surface area (Å²) < 4.78 is 5.42. The second-order valence-corrected chi connectivity index (χ2v) is 7.36. The van der Waals surface area contributed by atoms with Gasteiger partial charge in [0, 0.05) is 11.1 Å². The van der Waals surface area contributed by atoms with Crippen LogP contribution in [0.3, 0.4) is 0 Å². The lowest BCUT2D eigenvalue weighted by molar-refractivity contribution is 0.434. The smallest absolute Gasteiger partial charge is 0.181 e. The maximum absolute atomic E-state index is 9.19. The number of fused-ring (bicyclic) bond motifs is 2. The number of nitrogens with zero attached hydrogens (tertiary/aromatic N) is 3. The molecule has 28 heavy (non-hydrogen) atoms. The molecule has 2 N–H and O–H groups in total. The minimum Gasteiger partial charge on any atom is -0.442 e. The zero-order valence-electron chi connectivity index (χ0n) is 15.4. The van der Waals surface area contributed by atoms with E-state index < -0.39 is 0 Å². The van der Waals surface area contributed by atoms with Gasteiger partial charge in [-0.15, -0.1) is 0 Å². The van der Waals surface area contributed by atoms with Crippen molar-refractivity contribution < 1.29 is 4.42 Å². The van der Waals surface area contributed by atoms with Crippen LogP contribution >= 0.6 is 0 Å². The molecule has 6 heteroatoms. The van der Waals surface area contributed by atoms with E-state index in [1.807, 2.05) is 18.2 Å². The Labute approximate surface area is 162 Å². The molecule has 0 spiro atoms. The molecule has 0 saturated heterocycles. The Morgan fingerprint density at radius 2 is 2.18 bits per heavy atom. The molecule has 0 radical (unpaired) electrons. The zero-order chi connectivity index (χ0) is 19.1. The summed E-state index contributed by atoms with van der Waals surface area (Å²) in [6.07, 6.45) is 5.19. The van der Waals surface area contributed by atoms with Crippen molar-refractivity contribution in [3.05, 3.63) is 65.7 Å². The fraction of sp³-hybridized carbons (Fsp3) is 0.227. The highest BCUT2D eigenvalue weighted by atomic mass is 16.3. The molecule has 2 aromatic heterocycles. The van der Waals surface area contributed by atoms with Gasteiger partial charge in [0.25, 0.3) is 0 Å². The van der Waals surface area contributed by atoms with Crippen LogP contribution in [0.1, 0.15) is 36.1 Å². The van der Waals surface area contributed by atoms with Crippen LogP contribution in [0.2, 0.25) is 0 Å². The van der Waals surface area contributed by atoms with Gasteiger partial charge in [0.05, 0.1) is 29.4 Å². The quantitative estimate of drug-likeness (QED) is 0.540. The monoisotopic (exact) mass is 369 g/mol.